The molecule has 0 saturated carbocycles. The molecule has 1 aromatic heterocycles. The van der Waals surface area contributed by atoms with E-state index in [0.29, 0.717) is 25.4 Å². The molecule has 1 aromatic carbocycles. The lowest BCUT2D eigenvalue weighted by molar-refractivity contribution is 0.0631. The Morgan fingerprint density at radius 2 is 1.96 bits per heavy atom. The van der Waals surface area contributed by atoms with Crippen LogP contribution in [0.5, 0.6) is 5.75 Å². The smallest absolute Gasteiger partial charge is 0.259 e. The van der Waals surface area contributed by atoms with Gasteiger partial charge in [0, 0.05) is 36.5 Å². The molecule has 26 heavy (non-hydrogen) atoms. The molecule has 0 radical (unpaired) electrons. The molecule has 1 amide bonds. The van der Waals surface area contributed by atoms with E-state index in [1.165, 1.54) is 11.6 Å². The first-order chi connectivity index (χ1) is 12.4. The van der Waals surface area contributed by atoms with E-state index in [9.17, 15) is 9.59 Å². The van der Waals surface area contributed by atoms with E-state index >= 15 is 0 Å². The van der Waals surface area contributed by atoms with Gasteiger partial charge in [0.05, 0.1) is 6.61 Å². The quantitative estimate of drug-likeness (QED) is 0.917. The SMILES string of the molecule is Cc1ccc(OCC2CCCN(C(=O)c3c(C)[nH]c(C)cc3=O)C2)cc1. The van der Waals surface area contributed by atoms with Crippen molar-refractivity contribution in [2.45, 2.75) is 33.6 Å². The molecule has 0 spiro atoms. The first kappa shape index (κ1) is 18.2. The van der Waals surface area contributed by atoms with Crippen LogP contribution in [0.3, 0.4) is 0 Å². The highest BCUT2D eigenvalue weighted by molar-refractivity contribution is 5.95. The van der Waals surface area contributed by atoms with Gasteiger partial charge in [-0.25, -0.2) is 0 Å². The van der Waals surface area contributed by atoms with Crippen LogP contribution in [0.15, 0.2) is 35.1 Å². The molecule has 2 heterocycles. The van der Waals surface area contributed by atoms with Crippen LogP contribution in [0.2, 0.25) is 0 Å². The maximum Gasteiger partial charge on any atom is 0.259 e. The van der Waals surface area contributed by atoms with Crippen LogP contribution in [0.1, 0.15) is 40.2 Å². The highest BCUT2D eigenvalue weighted by Crippen LogP contribution is 2.21. The number of aryl methyl sites for hydroxylation is 3. The number of nitrogens with zero attached hydrogens (tertiary/aromatic N) is 1. The summed E-state index contributed by atoms with van der Waals surface area (Å²) in [5.41, 5.74) is 2.66. The minimum atomic E-state index is -0.207. The van der Waals surface area contributed by atoms with Crippen LogP contribution < -0.4 is 10.2 Å². The number of hydrogen-bond acceptors (Lipinski definition) is 3. The molecule has 0 aliphatic carbocycles. The van der Waals surface area contributed by atoms with Gasteiger partial charge in [0.15, 0.2) is 5.43 Å². The fourth-order valence-corrected chi connectivity index (χ4v) is 3.51. The summed E-state index contributed by atoms with van der Waals surface area (Å²) in [5, 5.41) is 0. The fourth-order valence-electron chi connectivity index (χ4n) is 3.51. The van der Waals surface area contributed by atoms with Gasteiger partial charge in [0.2, 0.25) is 0 Å². The van der Waals surface area contributed by atoms with Crippen LogP contribution in [0.4, 0.5) is 0 Å². The van der Waals surface area contributed by atoms with Crippen molar-refractivity contribution in [2.24, 2.45) is 5.92 Å². The van der Waals surface area contributed by atoms with Crippen LogP contribution in [-0.4, -0.2) is 35.5 Å². The van der Waals surface area contributed by atoms with Gasteiger partial charge < -0.3 is 14.6 Å². The van der Waals surface area contributed by atoms with E-state index < -0.39 is 0 Å². The minimum Gasteiger partial charge on any atom is -0.493 e. The second-order valence-electron chi connectivity index (χ2n) is 7.20. The molecule has 1 atom stereocenters. The van der Waals surface area contributed by atoms with E-state index in [0.717, 1.165) is 24.3 Å². The van der Waals surface area contributed by atoms with Gasteiger partial charge in [-0.15, -0.1) is 0 Å². The van der Waals surface area contributed by atoms with Gasteiger partial charge in [-0.3, -0.25) is 9.59 Å². The number of ether oxygens (including phenoxy) is 1. The van der Waals surface area contributed by atoms with Gasteiger partial charge in [-0.05, 0) is 45.7 Å². The molecule has 5 heteroatoms. The second kappa shape index (κ2) is 7.77. The van der Waals surface area contributed by atoms with Gasteiger partial charge in [-0.1, -0.05) is 17.7 Å². The number of aromatic amines is 1. The number of piperidine rings is 1. The molecule has 2 aromatic rings. The summed E-state index contributed by atoms with van der Waals surface area (Å²) >= 11 is 0. The maximum absolute atomic E-state index is 12.9. The molecular weight excluding hydrogens is 328 g/mol. The summed E-state index contributed by atoms with van der Waals surface area (Å²) in [6.07, 6.45) is 1.95. The molecule has 138 valence electrons. The zero-order valence-electron chi connectivity index (χ0n) is 15.7. The lowest BCUT2D eigenvalue weighted by Gasteiger charge is -2.32. The minimum absolute atomic E-state index is 0.177. The Kier molecular flexibility index (Phi) is 5.45. The highest BCUT2D eigenvalue weighted by Gasteiger charge is 2.27. The fraction of sp³-hybridized carbons (Fsp3) is 0.429. The number of carbonyl (C=O) groups excluding carboxylic acids is 1. The number of carbonyl (C=O) groups is 1. The molecule has 1 saturated heterocycles. The Morgan fingerprint density at radius 1 is 1.23 bits per heavy atom. The zero-order chi connectivity index (χ0) is 18.7. The van der Waals surface area contributed by atoms with Crippen molar-refractivity contribution in [3.63, 3.8) is 0 Å². The average molecular weight is 354 g/mol. The normalized spacial score (nSPS) is 17.2. The number of pyridine rings is 1. The predicted molar refractivity (Wildman–Crippen MR) is 102 cm³/mol. The van der Waals surface area contributed by atoms with Gasteiger partial charge in [0.25, 0.3) is 5.91 Å². The standard InChI is InChI=1S/C21H26N2O3/c1-14-6-8-18(9-7-14)26-13-17-5-4-10-23(12-17)21(25)20-16(3)22-15(2)11-19(20)24/h6-9,11,17H,4-5,10,12-13H2,1-3H3,(H,22,24). The molecule has 1 aliphatic rings. The predicted octanol–water partition coefficient (Wildman–Crippen LogP) is 3.23. The van der Waals surface area contributed by atoms with Crippen molar-refractivity contribution < 1.29 is 9.53 Å². The summed E-state index contributed by atoms with van der Waals surface area (Å²) in [7, 11) is 0. The van der Waals surface area contributed by atoms with Crippen molar-refractivity contribution in [3.05, 3.63) is 63.1 Å². The Labute approximate surface area is 154 Å². The zero-order valence-corrected chi connectivity index (χ0v) is 15.7. The molecule has 1 unspecified atom stereocenters. The number of rotatable bonds is 4. The summed E-state index contributed by atoms with van der Waals surface area (Å²) in [6, 6.07) is 9.48. The van der Waals surface area contributed by atoms with Crippen LogP contribution in [0.25, 0.3) is 0 Å². The van der Waals surface area contributed by atoms with Crippen LogP contribution >= 0.6 is 0 Å². The third-order valence-corrected chi connectivity index (χ3v) is 4.88. The van der Waals surface area contributed by atoms with Crippen molar-refractivity contribution in [3.8, 4) is 5.75 Å². The second-order valence-corrected chi connectivity index (χ2v) is 7.20. The monoisotopic (exact) mass is 354 g/mol. The summed E-state index contributed by atoms with van der Waals surface area (Å²) in [5.74, 6) is 0.951. The number of hydrogen-bond donors (Lipinski definition) is 1. The van der Waals surface area contributed by atoms with E-state index in [1.54, 1.807) is 11.8 Å². The first-order valence-corrected chi connectivity index (χ1v) is 9.13. The van der Waals surface area contributed by atoms with Gasteiger partial charge >= 0.3 is 0 Å². The Hall–Kier alpha value is -2.56. The van der Waals surface area contributed by atoms with Crippen molar-refractivity contribution in [1.29, 1.82) is 0 Å². The van der Waals surface area contributed by atoms with Gasteiger partial charge in [-0.2, -0.15) is 0 Å². The lowest BCUT2D eigenvalue weighted by Crippen LogP contribution is -2.43. The van der Waals surface area contributed by atoms with Gasteiger partial charge in [0.1, 0.15) is 11.3 Å². The van der Waals surface area contributed by atoms with E-state index in [4.69, 9.17) is 4.74 Å². The molecular formula is C21H26N2O3. The molecule has 5 nitrogen and oxygen atoms in total. The summed E-state index contributed by atoms with van der Waals surface area (Å²) in [6.45, 7) is 7.54. The topological polar surface area (TPSA) is 62.4 Å². The third kappa shape index (κ3) is 4.15. The maximum atomic E-state index is 12.9. The Morgan fingerprint density at radius 3 is 2.65 bits per heavy atom. The highest BCUT2D eigenvalue weighted by atomic mass is 16.5. The Balaban J connectivity index is 1.65. The number of nitrogens with one attached hydrogen (secondary N) is 1. The summed E-state index contributed by atoms with van der Waals surface area (Å²) in [4.78, 5) is 30.0. The third-order valence-electron chi connectivity index (χ3n) is 4.88. The molecule has 1 fully saturated rings. The molecule has 1 aliphatic heterocycles. The van der Waals surface area contributed by atoms with Crippen molar-refractivity contribution in [1.82, 2.24) is 9.88 Å². The molecule has 1 N–H and O–H groups in total. The van der Waals surface area contributed by atoms with Crippen LogP contribution in [0, 0.1) is 26.7 Å². The first-order valence-electron chi connectivity index (χ1n) is 9.13. The average Bonchev–Trinajstić information content (AvgIpc) is 2.60. The Bertz CT molecular complexity index is 839. The van der Waals surface area contributed by atoms with E-state index in [1.807, 2.05) is 38.1 Å². The molecule has 3 rings (SSSR count). The van der Waals surface area contributed by atoms with Crippen molar-refractivity contribution in [2.75, 3.05) is 19.7 Å². The number of aromatic nitrogens is 1. The number of H-pyrrole nitrogens is 1. The largest absolute Gasteiger partial charge is 0.493 e. The number of benzene rings is 1. The number of amides is 1. The lowest BCUT2D eigenvalue weighted by atomic mass is 9.98. The number of likely N-dealkylation sites (tertiary alicyclic amines) is 1. The van der Waals surface area contributed by atoms with Crippen LogP contribution in [-0.2, 0) is 0 Å². The van der Waals surface area contributed by atoms with E-state index in [2.05, 4.69) is 4.98 Å². The summed E-state index contributed by atoms with van der Waals surface area (Å²) < 4.78 is 5.89. The molecule has 0 bridgehead atoms. The van der Waals surface area contributed by atoms with E-state index in [-0.39, 0.29) is 22.8 Å². The van der Waals surface area contributed by atoms with Crippen molar-refractivity contribution >= 4 is 5.91 Å².